The van der Waals surface area contributed by atoms with Crippen molar-refractivity contribution in [3.05, 3.63) is 59.1 Å². The molecule has 3 rings (SSSR count). The zero-order valence-electron chi connectivity index (χ0n) is 15.3. The lowest BCUT2D eigenvalue weighted by Gasteiger charge is -2.30. The quantitative estimate of drug-likeness (QED) is 0.757. The van der Waals surface area contributed by atoms with Crippen LogP contribution in [0.3, 0.4) is 0 Å². The number of halogens is 1. The van der Waals surface area contributed by atoms with Crippen molar-refractivity contribution in [2.24, 2.45) is 0 Å². The first-order chi connectivity index (χ1) is 12.9. The van der Waals surface area contributed by atoms with Gasteiger partial charge in [-0.2, -0.15) is 0 Å². The maximum absolute atomic E-state index is 13.3. The Labute approximate surface area is 165 Å². The number of amides is 1. The van der Waals surface area contributed by atoms with Crippen LogP contribution < -0.4 is 4.31 Å². The third kappa shape index (κ3) is 4.62. The molecule has 1 aliphatic rings. The van der Waals surface area contributed by atoms with Gasteiger partial charge in [-0.25, -0.2) is 8.42 Å². The molecule has 5 nitrogen and oxygen atoms in total. The number of benzene rings is 2. The van der Waals surface area contributed by atoms with Crippen molar-refractivity contribution in [3.8, 4) is 0 Å². The van der Waals surface area contributed by atoms with Gasteiger partial charge in [0, 0.05) is 18.1 Å². The Kier molecular flexibility index (Phi) is 6.07. The second-order valence-corrected chi connectivity index (χ2v) is 9.04. The molecule has 1 amide bonds. The van der Waals surface area contributed by atoms with E-state index < -0.39 is 10.0 Å². The summed E-state index contributed by atoms with van der Waals surface area (Å²) >= 11 is 6.07. The van der Waals surface area contributed by atoms with Gasteiger partial charge in [0.2, 0.25) is 5.91 Å². The van der Waals surface area contributed by atoms with Crippen LogP contribution in [0.25, 0.3) is 0 Å². The number of sulfonamides is 1. The molecular formula is C20H23ClN2O3S. The summed E-state index contributed by atoms with van der Waals surface area (Å²) in [5.74, 6) is -0.189. The highest BCUT2D eigenvalue weighted by Gasteiger charge is 2.29. The molecule has 0 saturated carbocycles. The molecule has 0 N–H and O–H groups in total. The van der Waals surface area contributed by atoms with E-state index >= 15 is 0 Å². The fourth-order valence-corrected chi connectivity index (χ4v) is 4.74. The molecule has 0 bridgehead atoms. The molecule has 1 heterocycles. The zero-order valence-corrected chi connectivity index (χ0v) is 16.8. The number of carbonyl (C=O) groups excluding carboxylic acids is 1. The summed E-state index contributed by atoms with van der Waals surface area (Å²) in [6, 6.07) is 13.2. The summed E-state index contributed by atoms with van der Waals surface area (Å²) in [7, 11) is -3.89. The van der Waals surface area contributed by atoms with E-state index in [1.54, 1.807) is 53.4 Å². The number of hydrogen-bond donors (Lipinski definition) is 0. The highest BCUT2D eigenvalue weighted by atomic mass is 35.5. The van der Waals surface area contributed by atoms with Crippen molar-refractivity contribution in [2.75, 3.05) is 23.9 Å². The van der Waals surface area contributed by atoms with Crippen LogP contribution in [-0.4, -0.2) is 38.9 Å². The SMILES string of the molecule is Cc1ccc(S(=O)(=O)N(CC(=O)N2CCCCC2)c2cccc(Cl)c2)cc1. The number of likely N-dealkylation sites (tertiary alicyclic amines) is 1. The predicted octanol–water partition coefficient (Wildman–Crippen LogP) is 3.86. The van der Waals surface area contributed by atoms with Crippen molar-refractivity contribution >= 4 is 33.2 Å². The third-order valence-electron chi connectivity index (χ3n) is 4.69. The van der Waals surface area contributed by atoms with E-state index in [1.807, 2.05) is 6.92 Å². The Morgan fingerprint density at radius 2 is 1.74 bits per heavy atom. The summed E-state index contributed by atoms with van der Waals surface area (Å²) in [5.41, 5.74) is 1.35. The smallest absolute Gasteiger partial charge is 0.264 e. The first-order valence-corrected chi connectivity index (χ1v) is 10.8. The van der Waals surface area contributed by atoms with Crippen molar-refractivity contribution in [1.29, 1.82) is 0 Å². The molecule has 2 aromatic carbocycles. The Morgan fingerprint density at radius 3 is 2.37 bits per heavy atom. The van der Waals surface area contributed by atoms with Gasteiger partial charge in [0.05, 0.1) is 10.6 Å². The average molecular weight is 407 g/mol. The van der Waals surface area contributed by atoms with Gasteiger partial charge in [0.25, 0.3) is 10.0 Å². The summed E-state index contributed by atoms with van der Waals surface area (Å²) in [6.07, 6.45) is 3.00. The number of hydrogen-bond acceptors (Lipinski definition) is 3. The number of piperidine rings is 1. The molecule has 27 heavy (non-hydrogen) atoms. The van der Waals surface area contributed by atoms with Gasteiger partial charge in [-0.3, -0.25) is 9.10 Å². The van der Waals surface area contributed by atoms with Gasteiger partial charge >= 0.3 is 0 Å². The number of rotatable bonds is 5. The summed E-state index contributed by atoms with van der Waals surface area (Å²) in [5, 5.41) is 0.419. The van der Waals surface area contributed by atoms with Gasteiger partial charge in [0.1, 0.15) is 6.54 Å². The average Bonchev–Trinajstić information content (AvgIpc) is 2.67. The molecular weight excluding hydrogens is 384 g/mol. The van der Waals surface area contributed by atoms with Gasteiger partial charge < -0.3 is 4.90 Å². The molecule has 1 saturated heterocycles. The molecule has 0 spiro atoms. The van der Waals surface area contributed by atoms with Crippen LogP contribution in [0.15, 0.2) is 53.4 Å². The van der Waals surface area contributed by atoms with Crippen molar-refractivity contribution in [3.63, 3.8) is 0 Å². The predicted molar refractivity (Wildman–Crippen MR) is 108 cm³/mol. The highest BCUT2D eigenvalue weighted by Crippen LogP contribution is 2.26. The first kappa shape index (κ1) is 19.7. The van der Waals surface area contributed by atoms with Crippen LogP contribution in [0, 0.1) is 6.92 Å². The van der Waals surface area contributed by atoms with E-state index in [0.717, 1.165) is 29.1 Å². The molecule has 0 atom stereocenters. The Hall–Kier alpha value is -2.05. The fourth-order valence-electron chi connectivity index (χ4n) is 3.15. The summed E-state index contributed by atoms with van der Waals surface area (Å²) in [6.45, 7) is 3.00. The topological polar surface area (TPSA) is 57.7 Å². The van der Waals surface area contributed by atoms with E-state index in [0.29, 0.717) is 23.8 Å². The standard InChI is InChI=1S/C20H23ClN2O3S/c1-16-8-10-19(11-9-16)27(25,26)23(18-7-5-6-17(21)14-18)15-20(24)22-12-3-2-4-13-22/h5-11,14H,2-4,12-13,15H2,1H3. The van der Waals surface area contributed by atoms with Gasteiger partial charge in [-0.1, -0.05) is 35.4 Å². The lowest BCUT2D eigenvalue weighted by Crippen LogP contribution is -2.44. The number of carbonyl (C=O) groups is 1. The zero-order chi connectivity index (χ0) is 19.4. The Bertz CT molecular complexity index is 907. The maximum Gasteiger partial charge on any atom is 0.264 e. The lowest BCUT2D eigenvalue weighted by atomic mass is 10.1. The van der Waals surface area contributed by atoms with Gasteiger partial charge in [-0.15, -0.1) is 0 Å². The lowest BCUT2D eigenvalue weighted by molar-refractivity contribution is -0.130. The molecule has 0 unspecified atom stereocenters. The van der Waals surface area contributed by atoms with Crippen LogP contribution in [0.5, 0.6) is 0 Å². The molecule has 7 heteroatoms. The van der Waals surface area contributed by atoms with Crippen LogP contribution >= 0.6 is 11.6 Å². The van der Waals surface area contributed by atoms with Crippen LogP contribution in [0.4, 0.5) is 5.69 Å². The van der Waals surface area contributed by atoms with Crippen LogP contribution in [0.1, 0.15) is 24.8 Å². The van der Waals surface area contributed by atoms with Gasteiger partial charge in [-0.05, 0) is 56.5 Å². The van der Waals surface area contributed by atoms with E-state index in [1.165, 1.54) is 0 Å². The molecule has 1 fully saturated rings. The highest BCUT2D eigenvalue weighted by molar-refractivity contribution is 7.92. The summed E-state index contributed by atoms with van der Waals surface area (Å²) in [4.78, 5) is 14.7. The largest absolute Gasteiger partial charge is 0.341 e. The first-order valence-electron chi connectivity index (χ1n) is 9.01. The molecule has 0 aromatic heterocycles. The van der Waals surface area contributed by atoms with Crippen molar-refractivity contribution in [2.45, 2.75) is 31.1 Å². The number of anilines is 1. The third-order valence-corrected chi connectivity index (χ3v) is 6.72. The maximum atomic E-state index is 13.3. The second-order valence-electron chi connectivity index (χ2n) is 6.75. The van der Waals surface area contributed by atoms with Crippen molar-refractivity contribution in [1.82, 2.24) is 4.90 Å². The molecule has 1 aliphatic heterocycles. The minimum Gasteiger partial charge on any atom is -0.341 e. The number of nitrogens with zero attached hydrogens (tertiary/aromatic N) is 2. The van der Waals surface area contributed by atoms with Gasteiger partial charge in [0.15, 0.2) is 0 Å². The molecule has 0 aliphatic carbocycles. The van der Waals surface area contributed by atoms with Crippen molar-refractivity contribution < 1.29 is 13.2 Å². The van der Waals surface area contributed by atoms with E-state index in [9.17, 15) is 13.2 Å². The van der Waals surface area contributed by atoms with E-state index in [2.05, 4.69) is 0 Å². The number of aryl methyl sites for hydroxylation is 1. The van der Waals surface area contributed by atoms with E-state index in [4.69, 9.17) is 11.6 Å². The Morgan fingerprint density at radius 1 is 1.07 bits per heavy atom. The molecule has 144 valence electrons. The fraction of sp³-hybridized carbons (Fsp3) is 0.350. The van der Waals surface area contributed by atoms with Crippen LogP contribution in [-0.2, 0) is 14.8 Å². The summed E-state index contributed by atoms with van der Waals surface area (Å²) < 4.78 is 27.7. The second kappa shape index (κ2) is 8.31. The Balaban J connectivity index is 1.96. The minimum absolute atomic E-state index is 0.152. The molecule has 0 radical (unpaired) electrons. The molecule has 2 aromatic rings. The monoisotopic (exact) mass is 406 g/mol. The van der Waals surface area contributed by atoms with E-state index in [-0.39, 0.29) is 17.3 Å². The van der Waals surface area contributed by atoms with Crippen LogP contribution in [0.2, 0.25) is 5.02 Å². The normalized spacial score (nSPS) is 14.8. The minimum atomic E-state index is -3.89.